The summed E-state index contributed by atoms with van der Waals surface area (Å²) in [6.07, 6.45) is 0. The molecule has 0 radical (unpaired) electrons. The van der Waals surface area contributed by atoms with Crippen LogP contribution in [0.3, 0.4) is 0 Å². The van der Waals surface area contributed by atoms with E-state index in [0.29, 0.717) is 6.04 Å². The van der Waals surface area contributed by atoms with Gasteiger partial charge in [0, 0.05) is 0 Å². The minimum Gasteiger partial charge on any atom is -0.308 e. The van der Waals surface area contributed by atoms with Gasteiger partial charge in [0.25, 0.3) is 0 Å². The Bertz CT molecular complexity index is 221. The summed E-state index contributed by atoms with van der Waals surface area (Å²) in [5, 5.41) is 13.4. The van der Waals surface area contributed by atoms with Crippen LogP contribution in [0, 0.1) is 6.92 Å². The van der Waals surface area contributed by atoms with Crippen molar-refractivity contribution < 1.29 is 0 Å². The first kappa shape index (κ1) is 8.62. The molecule has 0 aliphatic rings. The van der Waals surface area contributed by atoms with Gasteiger partial charge < -0.3 is 5.32 Å². The zero-order chi connectivity index (χ0) is 8.27. The Morgan fingerprint density at radius 1 is 1.55 bits per heavy atom. The molecule has 1 unspecified atom stereocenters. The third kappa shape index (κ3) is 2.24. The van der Waals surface area contributed by atoms with E-state index >= 15 is 0 Å². The van der Waals surface area contributed by atoms with Crippen molar-refractivity contribution in [2.75, 3.05) is 6.54 Å². The summed E-state index contributed by atoms with van der Waals surface area (Å²) in [4.78, 5) is 0. The van der Waals surface area contributed by atoms with Crippen molar-refractivity contribution in [3.63, 3.8) is 0 Å². The van der Waals surface area contributed by atoms with Crippen LogP contribution in [0.4, 0.5) is 0 Å². The molecule has 1 atom stereocenters. The highest BCUT2D eigenvalue weighted by Gasteiger charge is 2.07. The second-order valence-corrected chi connectivity index (χ2v) is 3.65. The van der Waals surface area contributed by atoms with Gasteiger partial charge in [-0.2, -0.15) is 0 Å². The number of aromatic nitrogens is 2. The summed E-state index contributed by atoms with van der Waals surface area (Å²) < 4.78 is 0. The van der Waals surface area contributed by atoms with E-state index in [9.17, 15) is 0 Å². The van der Waals surface area contributed by atoms with Gasteiger partial charge in [-0.15, -0.1) is 21.5 Å². The normalized spacial score (nSPS) is 13.4. The summed E-state index contributed by atoms with van der Waals surface area (Å²) in [7, 11) is 0. The highest BCUT2D eigenvalue weighted by molar-refractivity contribution is 7.11. The topological polar surface area (TPSA) is 37.8 Å². The van der Waals surface area contributed by atoms with E-state index < -0.39 is 0 Å². The van der Waals surface area contributed by atoms with Gasteiger partial charge in [0.05, 0.1) is 6.04 Å². The lowest BCUT2D eigenvalue weighted by molar-refractivity contribution is 0.589. The molecule has 0 saturated heterocycles. The van der Waals surface area contributed by atoms with E-state index in [1.54, 1.807) is 11.3 Å². The van der Waals surface area contributed by atoms with E-state index in [1.165, 1.54) is 0 Å². The first-order valence-corrected chi connectivity index (χ1v) is 4.59. The fraction of sp³-hybridized carbons (Fsp3) is 0.714. The van der Waals surface area contributed by atoms with Gasteiger partial charge in [0.1, 0.15) is 10.0 Å². The van der Waals surface area contributed by atoms with Crippen LogP contribution in [0.1, 0.15) is 29.9 Å². The Balaban J connectivity index is 2.60. The second kappa shape index (κ2) is 3.78. The quantitative estimate of drug-likeness (QED) is 0.749. The highest BCUT2D eigenvalue weighted by Crippen LogP contribution is 2.15. The van der Waals surface area contributed by atoms with Gasteiger partial charge in [0.2, 0.25) is 0 Å². The fourth-order valence-electron chi connectivity index (χ4n) is 0.880. The number of nitrogens with zero attached hydrogens (tertiary/aromatic N) is 2. The molecular weight excluding hydrogens is 158 g/mol. The molecule has 0 aliphatic heterocycles. The Morgan fingerprint density at radius 2 is 2.27 bits per heavy atom. The monoisotopic (exact) mass is 171 g/mol. The third-order valence-corrected chi connectivity index (χ3v) is 2.44. The van der Waals surface area contributed by atoms with Crippen LogP contribution in [0.5, 0.6) is 0 Å². The maximum atomic E-state index is 4.04. The summed E-state index contributed by atoms with van der Waals surface area (Å²) in [5.41, 5.74) is 0. The van der Waals surface area contributed by atoms with Crippen LogP contribution < -0.4 is 5.32 Å². The largest absolute Gasteiger partial charge is 0.308 e. The van der Waals surface area contributed by atoms with Crippen LogP contribution in [0.25, 0.3) is 0 Å². The third-order valence-electron chi connectivity index (χ3n) is 1.42. The van der Waals surface area contributed by atoms with Crippen molar-refractivity contribution in [3.05, 3.63) is 10.0 Å². The Kier molecular flexibility index (Phi) is 2.96. The van der Waals surface area contributed by atoms with E-state index in [2.05, 4.69) is 29.4 Å². The molecule has 0 amide bonds. The molecule has 62 valence electrons. The van der Waals surface area contributed by atoms with Crippen molar-refractivity contribution in [1.29, 1.82) is 0 Å². The zero-order valence-electron chi connectivity index (χ0n) is 7.09. The van der Waals surface area contributed by atoms with E-state index in [4.69, 9.17) is 0 Å². The van der Waals surface area contributed by atoms with E-state index in [0.717, 1.165) is 16.6 Å². The fourth-order valence-corrected chi connectivity index (χ4v) is 1.61. The number of hydrogen-bond donors (Lipinski definition) is 1. The highest BCUT2D eigenvalue weighted by atomic mass is 32.1. The average molecular weight is 171 g/mol. The maximum Gasteiger partial charge on any atom is 0.134 e. The van der Waals surface area contributed by atoms with Gasteiger partial charge in [-0.3, -0.25) is 0 Å². The standard InChI is InChI=1S/C7H13N3S/c1-4-8-5(2)7-10-9-6(3)11-7/h5,8H,4H2,1-3H3. The van der Waals surface area contributed by atoms with Gasteiger partial charge >= 0.3 is 0 Å². The Hall–Kier alpha value is -0.480. The molecule has 0 aromatic carbocycles. The second-order valence-electron chi connectivity index (χ2n) is 2.44. The minimum atomic E-state index is 0.339. The molecule has 1 N–H and O–H groups in total. The molecule has 0 saturated carbocycles. The summed E-state index contributed by atoms with van der Waals surface area (Å²) in [5.74, 6) is 0. The summed E-state index contributed by atoms with van der Waals surface area (Å²) >= 11 is 1.65. The summed E-state index contributed by atoms with van der Waals surface area (Å²) in [6.45, 7) is 7.13. The van der Waals surface area contributed by atoms with Crippen LogP contribution in [0.15, 0.2) is 0 Å². The van der Waals surface area contributed by atoms with Crippen LogP contribution in [-0.2, 0) is 0 Å². The van der Waals surface area contributed by atoms with Gasteiger partial charge in [-0.1, -0.05) is 6.92 Å². The Labute approximate surface area is 70.9 Å². The van der Waals surface area contributed by atoms with Crippen molar-refractivity contribution >= 4 is 11.3 Å². The lowest BCUT2D eigenvalue weighted by Gasteiger charge is -2.06. The first-order chi connectivity index (χ1) is 5.24. The molecule has 0 fully saturated rings. The molecular formula is C7H13N3S. The van der Waals surface area contributed by atoms with Gasteiger partial charge in [0.15, 0.2) is 0 Å². The maximum absolute atomic E-state index is 4.04. The molecule has 0 aliphatic carbocycles. The smallest absolute Gasteiger partial charge is 0.134 e. The molecule has 3 nitrogen and oxygen atoms in total. The van der Waals surface area contributed by atoms with Gasteiger partial charge in [-0.05, 0) is 20.4 Å². The average Bonchev–Trinajstić information content (AvgIpc) is 2.36. The molecule has 0 bridgehead atoms. The van der Waals surface area contributed by atoms with Gasteiger partial charge in [-0.25, -0.2) is 0 Å². The number of nitrogens with one attached hydrogen (secondary N) is 1. The van der Waals surface area contributed by atoms with Crippen LogP contribution >= 0.6 is 11.3 Å². The molecule has 1 aromatic heterocycles. The van der Waals surface area contributed by atoms with E-state index in [1.807, 2.05) is 6.92 Å². The predicted octanol–water partition coefficient (Wildman–Crippen LogP) is 1.52. The summed E-state index contributed by atoms with van der Waals surface area (Å²) in [6, 6.07) is 0.339. The lowest BCUT2D eigenvalue weighted by Crippen LogP contribution is -2.17. The SMILES string of the molecule is CCNC(C)c1nnc(C)s1. The number of rotatable bonds is 3. The molecule has 1 aromatic rings. The molecule has 0 spiro atoms. The van der Waals surface area contributed by atoms with Crippen molar-refractivity contribution in [1.82, 2.24) is 15.5 Å². The van der Waals surface area contributed by atoms with Crippen LogP contribution in [0.2, 0.25) is 0 Å². The predicted molar refractivity (Wildman–Crippen MR) is 46.7 cm³/mol. The first-order valence-electron chi connectivity index (χ1n) is 3.77. The zero-order valence-corrected chi connectivity index (χ0v) is 7.90. The van der Waals surface area contributed by atoms with E-state index in [-0.39, 0.29) is 0 Å². The van der Waals surface area contributed by atoms with Crippen molar-refractivity contribution in [3.8, 4) is 0 Å². The molecule has 4 heteroatoms. The number of aryl methyl sites for hydroxylation is 1. The molecule has 1 heterocycles. The molecule has 11 heavy (non-hydrogen) atoms. The molecule has 1 rings (SSSR count). The Morgan fingerprint density at radius 3 is 2.73 bits per heavy atom. The van der Waals surface area contributed by atoms with Crippen molar-refractivity contribution in [2.45, 2.75) is 26.8 Å². The minimum absolute atomic E-state index is 0.339. The number of hydrogen-bond acceptors (Lipinski definition) is 4. The lowest BCUT2D eigenvalue weighted by atomic mass is 10.3. The van der Waals surface area contributed by atoms with Crippen molar-refractivity contribution in [2.24, 2.45) is 0 Å². The van der Waals surface area contributed by atoms with Crippen LogP contribution in [-0.4, -0.2) is 16.7 Å².